The Morgan fingerprint density at radius 1 is 1.30 bits per heavy atom. The van der Waals surface area contributed by atoms with E-state index in [9.17, 15) is 9.59 Å². The van der Waals surface area contributed by atoms with Crippen LogP contribution in [0, 0.1) is 0 Å². The Hall–Kier alpha value is -2.43. The molecule has 0 fully saturated rings. The van der Waals surface area contributed by atoms with Crippen LogP contribution in [0.3, 0.4) is 0 Å². The van der Waals surface area contributed by atoms with Crippen LogP contribution in [-0.4, -0.2) is 24.0 Å². The van der Waals surface area contributed by atoms with Gasteiger partial charge in [-0.15, -0.1) is 0 Å². The molecule has 1 aromatic rings. The predicted molar refractivity (Wildman–Crippen MR) is 74.2 cm³/mol. The minimum Gasteiger partial charge on any atom is -0.465 e. The molecule has 5 heteroatoms. The summed E-state index contributed by atoms with van der Waals surface area (Å²) >= 11 is 0. The Morgan fingerprint density at radius 3 is 2.50 bits per heavy atom. The topological polar surface area (TPSA) is 65.5 Å². The van der Waals surface area contributed by atoms with Crippen LogP contribution in [0.4, 0.5) is 0 Å². The quantitative estimate of drug-likeness (QED) is 0.453. The minimum atomic E-state index is -0.565. The second kappa shape index (κ2) is 7.89. The van der Waals surface area contributed by atoms with Gasteiger partial charge in [-0.25, -0.2) is 9.59 Å². The van der Waals surface area contributed by atoms with E-state index in [0.717, 1.165) is 6.42 Å². The number of methoxy groups -OCH3 is 1. The van der Waals surface area contributed by atoms with Crippen LogP contribution in [0.25, 0.3) is 0 Å². The highest BCUT2D eigenvalue weighted by molar-refractivity contribution is 5.95. The normalized spacial score (nSPS) is 10.8. The van der Waals surface area contributed by atoms with Gasteiger partial charge in [-0.1, -0.05) is 19.6 Å². The number of nitrogens with zero attached hydrogens (tertiary/aromatic N) is 1. The lowest BCUT2D eigenvalue weighted by atomic mass is 10.2. The SMILES string of the molecule is C=C/C=C(\CCC)OC(=O)c1cncc(C(=O)OC)c1. The highest BCUT2D eigenvalue weighted by Gasteiger charge is 2.14. The van der Waals surface area contributed by atoms with E-state index in [2.05, 4.69) is 16.3 Å². The molecular weight excluding hydrogens is 258 g/mol. The zero-order valence-electron chi connectivity index (χ0n) is 11.6. The second-order valence-corrected chi connectivity index (χ2v) is 3.96. The van der Waals surface area contributed by atoms with Crippen molar-refractivity contribution in [2.45, 2.75) is 19.8 Å². The van der Waals surface area contributed by atoms with Crippen molar-refractivity contribution >= 4 is 11.9 Å². The molecular formula is C15H17NO4. The number of carbonyl (C=O) groups is 2. The third-order valence-corrected chi connectivity index (χ3v) is 2.42. The smallest absolute Gasteiger partial charge is 0.344 e. The lowest BCUT2D eigenvalue weighted by molar-refractivity contribution is 0.0600. The molecule has 0 aromatic carbocycles. The van der Waals surface area contributed by atoms with Crippen LogP contribution >= 0.6 is 0 Å². The number of esters is 2. The Kier molecular flexibility index (Phi) is 6.16. The van der Waals surface area contributed by atoms with E-state index < -0.39 is 11.9 Å². The van der Waals surface area contributed by atoms with Gasteiger partial charge in [0, 0.05) is 18.8 Å². The van der Waals surface area contributed by atoms with Gasteiger partial charge in [0.15, 0.2) is 0 Å². The third-order valence-electron chi connectivity index (χ3n) is 2.42. The first-order chi connectivity index (χ1) is 9.62. The number of hydrogen-bond donors (Lipinski definition) is 0. The molecule has 0 radical (unpaired) electrons. The van der Waals surface area contributed by atoms with Gasteiger partial charge in [0.1, 0.15) is 5.76 Å². The average molecular weight is 275 g/mol. The highest BCUT2D eigenvalue weighted by Crippen LogP contribution is 2.12. The molecule has 0 aliphatic heterocycles. The van der Waals surface area contributed by atoms with Gasteiger partial charge in [-0.2, -0.15) is 0 Å². The van der Waals surface area contributed by atoms with Crippen LogP contribution in [0.1, 0.15) is 40.5 Å². The molecule has 5 nitrogen and oxygen atoms in total. The fraction of sp³-hybridized carbons (Fsp3) is 0.267. The molecule has 106 valence electrons. The summed E-state index contributed by atoms with van der Waals surface area (Å²) < 4.78 is 9.82. The van der Waals surface area contributed by atoms with Crippen molar-refractivity contribution in [2.75, 3.05) is 7.11 Å². The van der Waals surface area contributed by atoms with Crippen molar-refractivity contribution in [3.05, 3.63) is 54.1 Å². The molecule has 1 heterocycles. The van der Waals surface area contributed by atoms with Crippen molar-refractivity contribution in [1.82, 2.24) is 4.98 Å². The lowest BCUT2D eigenvalue weighted by Gasteiger charge is -2.07. The molecule has 0 atom stereocenters. The van der Waals surface area contributed by atoms with E-state index >= 15 is 0 Å². The van der Waals surface area contributed by atoms with Crippen LogP contribution < -0.4 is 0 Å². The van der Waals surface area contributed by atoms with Gasteiger partial charge in [-0.3, -0.25) is 4.98 Å². The predicted octanol–water partition coefficient (Wildman–Crippen LogP) is 2.90. The highest BCUT2D eigenvalue weighted by atomic mass is 16.5. The first-order valence-electron chi connectivity index (χ1n) is 6.19. The monoisotopic (exact) mass is 275 g/mol. The summed E-state index contributed by atoms with van der Waals surface area (Å²) in [5, 5.41) is 0. The molecule has 0 unspecified atom stereocenters. The molecule has 0 amide bonds. The van der Waals surface area contributed by atoms with E-state index in [-0.39, 0.29) is 11.1 Å². The number of pyridine rings is 1. The van der Waals surface area contributed by atoms with Crippen molar-refractivity contribution in [3.8, 4) is 0 Å². The molecule has 1 aromatic heterocycles. The van der Waals surface area contributed by atoms with E-state index in [0.29, 0.717) is 12.2 Å². The van der Waals surface area contributed by atoms with Crippen LogP contribution in [0.5, 0.6) is 0 Å². The fourth-order valence-electron chi connectivity index (χ4n) is 1.51. The summed E-state index contributed by atoms with van der Waals surface area (Å²) in [4.78, 5) is 27.2. The Bertz CT molecular complexity index is 534. The average Bonchev–Trinajstić information content (AvgIpc) is 2.47. The first-order valence-corrected chi connectivity index (χ1v) is 6.19. The molecule has 0 spiro atoms. The first kappa shape index (κ1) is 15.6. The standard InChI is InChI=1S/C15H17NO4/c1-4-6-13(7-5-2)20-15(18)12-8-11(9-16-10-12)14(17)19-3/h4,6,8-10H,1,5,7H2,2-3H3/b13-6+. The number of hydrogen-bond acceptors (Lipinski definition) is 5. The van der Waals surface area contributed by atoms with Gasteiger partial charge in [-0.05, 0) is 18.6 Å². The van der Waals surface area contributed by atoms with E-state index in [1.54, 1.807) is 12.2 Å². The van der Waals surface area contributed by atoms with Crippen molar-refractivity contribution in [1.29, 1.82) is 0 Å². The maximum atomic E-state index is 12.0. The Morgan fingerprint density at radius 2 is 1.95 bits per heavy atom. The van der Waals surface area contributed by atoms with E-state index in [1.807, 2.05) is 6.92 Å². The summed E-state index contributed by atoms with van der Waals surface area (Å²) in [6.45, 7) is 5.55. The number of ether oxygens (including phenoxy) is 2. The molecule has 0 saturated heterocycles. The van der Waals surface area contributed by atoms with Crippen molar-refractivity contribution in [2.24, 2.45) is 0 Å². The summed E-state index contributed by atoms with van der Waals surface area (Å²) in [5.41, 5.74) is 0.394. The van der Waals surface area contributed by atoms with Crippen molar-refractivity contribution < 1.29 is 19.1 Å². The molecule has 0 saturated carbocycles. The third kappa shape index (κ3) is 4.35. The Balaban J connectivity index is 2.89. The molecule has 1 rings (SSSR count). The van der Waals surface area contributed by atoms with Crippen LogP contribution in [0.2, 0.25) is 0 Å². The minimum absolute atomic E-state index is 0.193. The molecule has 0 aliphatic carbocycles. The number of allylic oxidation sites excluding steroid dienone is 3. The lowest BCUT2D eigenvalue weighted by Crippen LogP contribution is -2.09. The van der Waals surface area contributed by atoms with Gasteiger partial charge in [0.25, 0.3) is 0 Å². The maximum Gasteiger partial charge on any atom is 0.344 e. The fourth-order valence-corrected chi connectivity index (χ4v) is 1.51. The zero-order valence-corrected chi connectivity index (χ0v) is 11.6. The van der Waals surface area contributed by atoms with Gasteiger partial charge >= 0.3 is 11.9 Å². The summed E-state index contributed by atoms with van der Waals surface area (Å²) in [7, 11) is 1.26. The van der Waals surface area contributed by atoms with Gasteiger partial charge < -0.3 is 9.47 Å². The second-order valence-electron chi connectivity index (χ2n) is 3.96. The largest absolute Gasteiger partial charge is 0.465 e. The van der Waals surface area contributed by atoms with Crippen molar-refractivity contribution in [3.63, 3.8) is 0 Å². The summed E-state index contributed by atoms with van der Waals surface area (Å²) in [5.74, 6) is -0.594. The molecule has 0 N–H and O–H groups in total. The van der Waals surface area contributed by atoms with E-state index in [1.165, 1.54) is 25.6 Å². The van der Waals surface area contributed by atoms with E-state index in [4.69, 9.17) is 4.74 Å². The molecule has 20 heavy (non-hydrogen) atoms. The van der Waals surface area contributed by atoms with Gasteiger partial charge in [0.2, 0.25) is 0 Å². The molecule has 0 aliphatic rings. The number of rotatable bonds is 6. The zero-order chi connectivity index (χ0) is 15.0. The van der Waals surface area contributed by atoms with Crippen LogP contribution in [-0.2, 0) is 9.47 Å². The number of carbonyl (C=O) groups excluding carboxylic acids is 2. The molecule has 0 bridgehead atoms. The number of aromatic nitrogens is 1. The van der Waals surface area contributed by atoms with Gasteiger partial charge in [0.05, 0.1) is 18.2 Å². The summed E-state index contributed by atoms with van der Waals surface area (Å²) in [6.07, 6.45) is 7.33. The Labute approximate surface area is 117 Å². The van der Waals surface area contributed by atoms with Crippen LogP contribution in [0.15, 0.2) is 43.0 Å². The maximum absolute atomic E-state index is 12.0. The summed E-state index contributed by atoms with van der Waals surface area (Å²) in [6, 6.07) is 1.39.